The summed E-state index contributed by atoms with van der Waals surface area (Å²) in [4.78, 5) is 0. The van der Waals surface area contributed by atoms with Crippen LogP contribution in [0.5, 0.6) is 0 Å². The van der Waals surface area contributed by atoms with Crippen LogP contribution in [0.4, 0.5) is 0 Å². The Bertz CT molecular complexity index is 1160. The summed E-state index contributed by atoms with van der Waals surface area (Å²) in [6.45, 7) is 8.84. The predicted molar refractivity (Wildman–Crippen MR) is 106 cm³/mol. The molecule has 0 radical (unpaired) electrons. The van der Waals surface area contributed by atoms with E-state index in [1.165, 1.54) is 65.4 Å². The molecule has 0 aromatic heterocycles. The molecule has 0 heteroatoms. The maximum absolute atomic E-state index is 2.36. The molecule has 0 fully saturated rings. The standard InChI is InChI=1S/C24H20/c1-13-5-14(2)22-10-18-8-20-12-24-16(4)6-15(3)23(24)11-19(20)7-17(18)9-21(13)22/h5-12H,1-4H3. The summed E-state index contributed by atoms with van der Waals surface area (Å²) in [7, 11) is 0. The topological polar surface area (TPSA) is 0 Å². The van der Waals surface area contributed by atoms with Crippen molar-refractivity contribution >= 4 is 43.8 Å². The molecule has 3 aromatic rings. The number of allylic oxidation sites excluding steroid dienone is 4. The molecule has 0 spiro atoms. The lowest BCUT2D eigenvalue weighted by Gasteiger charge is -2.08. The largest absolute Gasteiger partial charge is 0.0551 e. The zero-order valence-corrected chi connectivity index (χ0v) is 14.6. The van der Waals surface area contributed by atoms with Gasteiger partial charge in [-0.2, -0.15) is 0 Å². The van der Waals surface area contributed by atoms with Crippen LogP contribution in [-0.2, 0) is 0 Å². The molecule has 2 aliphatic rings. The highest BCUT2D eigenvalue weighted by Crippen LogP contribution is 2.29. The first-order chi connectivity index (χ1) is 11.5. The van der Waals surface area contributed by atoms with Crippen molar-refractivity contribution in [3.8, 4) is 0 Å². The minimum absolute atomic E-state index is 1.34. The number of hydrogen-bond acceptors (Lipinski definition) is 0. The van der Waals surface area contributed by atoms with Crippen LogP contribution in [0.2, 0.25) is 0 Å². The van der Waals surface area contributed by atoms with E-state index in [0.717, 1.165) is 0 Å². The molecule has 0 saturated carbocycles. The van der Waals surface area contributed by atoms with Gasteiger partial charge in [-0.25, -0.2) is 0 Å². The second-order valence-electron chi connectivity index (χ2n) is 7.36. The molecular weight excluding hydrogens is 288 g/mol. The van der Waals surface area contributed by atoms with E-state index in [4.69, 9.17) is 0 Å². The molecule has 0 saturated heterocycles. The fraction of sp³-hybridized carbons (Fsp3) is 0.167. The highest BCUT2D eigenvalue weighted by atomic mass is 14.2. The third-order valence-corrected chi connectivity index (χ3v) is 5.63. The molecule has 0 amide bonds. The third kappa shape index (κ3) is 1.74. The second kappa shape index (κ2) is 4.48. The van der Waals surface area contributed by atoms with Crippen LogP contribution in [0.15, 0.2) is 48.6 Å². The summed E-state index contributed by atoms with van der Waals surface area (Å²) in [5.41, 5.74) is 8.29. The van der Waals surface area contributed by atoms with E-state index in [0.29, 0.717) is 0 Å². The molecule has 0 nitrogen and oxygen atoms in total. The fourth-order valence-electron chi connectivity index (χ4n) is 4.37. The van der Waals surface area contributed by atoms with Crippen molar-refractivity contribution in [1.82, 2.24) is 0 Å². The van der Waals surface area contributed by atoms with Crippen LogP contribution in [0.25, 0.3) is 43.8 Å². The minimum Gasteiger partial charge on any atom is -0.0551 e. The first kappa shape index (κ1) is 13.8. The highest BCUT2D eigenvalue weighted by Gasteiger charge is 2.12. The Labute approximate surface area is 142 Å². The van der Waals surface area contributed by atoms with Gasteiger partial charge in [0.25, 0.3) is 0 Å². The quantitative estimate of drug-likeness (QED) is 0.503. The molecule has 2 aliphatic carbocycles. The molecule has 0 unspecified atom stereocenters. The van der Waals surface area contributed by atoms with Crippen LogP contribution in [0, 0.1) is 0 Å². The molecular formula is C24H20. The van der Waals surface area contributed by atoms with E-state index in [1.54, 1.807) is 0 Å². The highest BCUT2D eigenvalue weighted by molar-refractivity contribution is 6.02. The lowest BCUT2D eigenvalue weighted by Crippen LogP contribution is -2.07. The molecule has 5 rings (SSSR count). The first-order valence-corrected chi connectivity index (χ1v) is 8.62. The zero-order valence-electron chi connectivity index (χ0n) is 14.6. The van der Waals surface area contributed by atoms with Crippen molar-refractivity contribution in [3.63, 3.8) is 0 Å². The molecule has 0 heterocycles. The normalized spacial score (nSPS) is 15.8. The number of fused-ring (bicyclic) bond motifs is 4. The SMILES string of the molecule is CC1=CC(C)=c2cc3cc4cc5c(cc4cc3cc21)=C(C)C=C5C. The van der Waals surface area contributed by atoms with Crippen molar-refractivity contribution < 1.29 is 0 Å². The van der Waals surface area contributed by atoms with E-state index in [2.05, 4.69) is 76.2 Å². The summed E-state index contributed by atoms with van der Waals surface area (Å²) >= 11 is 0. The molecule has 116 valence electrons. The summed E-state index contributed by atoms with van der Waals surface area (Å²) in [5, 5.41) is 8.13. The molecule has 0 bridgehead atoms. The average Bonchev–Trinajstić information content (AvgIpc) is 2.98. The second-order valence-corrected chi connectivity index (χ2v) is 7.36. The number of rotatable bonds is 0. The van der Waals surface area contributed by atoms with Crippen LogP contribution >= 0.6 is 0 Å². The Morgan fingerprint density at radius 1 is 0.458 bits per heavy atom. The van der Waals surface area contributed by atoms with Crippen molar-refractivity contribution in [2.75, 3.05) is 0 Å². The van der Waals surface area contributed by atoms with E-state index >= 15 is 0 Å². The number of hydrogen-bond donors (Lipinski definition) is 0. The zero-order chi connectivity index (χ0) is 16.6. The van der Waals surface area contributed by atoms with Crippen molar-refractivity contribution in [2.45, 2.75) is 27.7 Å². The van der Waals surface area contributed by atoms with Gasteiger partial charge in [-0.15, -0.1) is 0 Å². The third-order valence-electron chi connectivity index (χ3n) is 5.63. The molecule has 0 N–H and O–H groups in total. The first-order valence-electron chi connectivity index (χ1n) is 8.62. The van der Waals surface area contributed by atoms with E-state index in [-0.39, 0.29) is 0 Å². The summed E-state index contributed by atoms with van der Waals surface area (Å²) in [5.74, 6) is 0. The monoisotopic (exact) mass is 308 g/mol. The lowest BCUT2D eigenvalue weighted by atomic mass is 9.96. The van der Waals surface area contributed by atoms with Crippen LogP contribution in [-0.4, -0.2) is 0 Å². The van der Waals surface area contributed by atoms with Crippen LogP contribution < -0.4 is 10.4 Å². The Kier molecular flexibility index (Phi) is 2.58. The summed E-state index contributed by atoms with van der Waals surface area (Å²) in [6, 6.07) is 14.2. The maximum Gasteiger partial charge on any atom is -0.0146 e. The van der Waals surface area contributed by atoms with Gasteiger partial charge in [-0.05, 0) is 129 Å². The molecule has 24 heavy (non-hydrogen) atoms. The van der Waals surface area contributed by atoms with E-state index in [9.17, 15) is 0 Å². The van der Waals surface area contributed by atoms with Gasteiger partial charge < -0.3 is 0 Å². The predicted octanol–water partition coefficient (Wildman–Crippen LogP) is 5.17. The lowest BCUT2D eigenvalue weighted by molar-refractivity contribution is 1.54. The number of benzene rings is 3. The molecule has 0 atom stereocenters. The van der Waals surface area contributed by atoms with Crippen LogP contribution in [0.1, 0.15) is 38.8 Å². The van der Waals surface area contributed by atoms with E-state index in [1.807, 2.05) is 0 Å². The van der Waals surface area contributed by atoms with Gasteiger partial charge in [0, 0.05) is 0 Å². The Balaban J connectivity index is 1.90. The molecule has 0 aliphatic heterocycles. The van der Waals surface area contributed by atoms with Gasteiger partial charge in [0.05, 0.1) is 0 Å². The maximum atomic E-state index is 2.36. The van der Waals surface area contributed by atoms with Gasteiger partial charge in [0.1, 0.15) is 0 Å². The smallest absolute Gasteiger partial charge is 0.0146 e. The van der Waals surface area contributed by atoms with Gasteiger partial charge in [0.15, 0.2) is 0 Å². The van der Waals surface area contributed by atoms with Crippen LogP contribution in [0.3, 0.4) is 0 Å². The van der Waals surface area contributed by atoms with Gasteiger partial charge >= 0.3 is 0 Å². The van der Waals surface area contributed by atoms with Gasteiger partial charge in [-0.1, -0.05) is 12.2 Å². The minimum atomic E-state index is 1.34. The summed E-state index contributed by atoms with van der Waals surface area (Å²) in [6.07, 6.45) is 4.59. The summed E-state index contributed by atoms with van der Waals surface area (Å²) < 4.78 is 0. The van der Waals surface area contributed by atoms with Gasteiger partial charge in [0.2, 0.25) is 0 Å². The van der Waals surface area contributed by atoms with Crippen molar-refractivity contribution in [2.24, 2.45) is 0 Å². The van der Waals surface area contributed by atoms with Gasteiger partial charge in [-0.3, -0.25) is 0 Å². The Hall–Kier alpha value is -2.60. The Morgan fingerprint density at radius 3 is 1.25 bits per heavy atom. The Morgan fingerprint density at radius 2 is 0.833 bits per heavy atom. The fourth-order valence-corrected chi connectivity index (χ4v) is 4.37. The molecule has 3 aromatic carbocycles. The van der Waals surface area contributed by atoms with Crippen molar-refractivity contribution in [3.05, 3.63) is 70.1 Å². The van der Waals surface area contributed by atoms with Crippen molar-refractivity contribution in [1.29, 1.82) is 0 Å². The average molecular weight is 308 g/mol. The van der Waals surface area contributed by atoms with E-state index < -0.39 is 0 Å².